The standard InChI is InChI=1S/C24H33Cl2NO/c1-6-24(4,5)20-10-12-23(28-14-13-27(7-2)8-3)19(16-20)15-18-9-11-21(25)17-22(18)26/h9-12,16-17H,6-8,13-15H2,1-5H3. The molecule has 0 fully saturated rings. The van der Waals surface area contributed by atoms with E-state index in [1.165, 1.54) is 11.1 Å². The minimum Gasteiger partial charge on any atom is -0.492 e. The molecule has 2 aromatic carbocycles. The van der Waals surface area contributed by atoms with E-state index in [0.717, 1.165) is 43.8 Å². The summed E-state index contributed by atoms with van der Waals surface area (Å²) in [4.78, 5) is 2.37. The van der Waals surface area contributed by atoms with Crippen LogP contribution in [-0.4, -0.2) is 31.1 Å². The average Bonchev–Trinajstić information content (AvgIpc) is 2.68. The molecule has 0 aliphatic rings. The van der Waals surface area contributed by atoms with Crippen LogP contribution in [0.1, 0.15) is 57.7 Å². The lowest BCUT2D eigenvalue weighted by Gasteiger charge is -2.25. The summed E-state index contributed by atoms with van der Waals surface area (Å²) in [6.45, 7) is 14.8. The Kier molecular flexibility index (Phi) is 8.67. The Bertz CT molecular complexity index is 769. The topological polar surface area (TPSA) is 12.5 Å². The fourth-order valence-electron chi connectivity index (χ4n) is 3.18. The van der Waals surface area contributed by atoms with Crippen LogP contribution in [0.2, 0.25) is 10.0 Å². The van der Waals surface area contributed by atoms with E-state index in [4.69, 9.17) is 27.9 Å². The average molecular weight is 422 g/mol. The molecule has 0 aliphatic carbocycles. The quantitative estimate of drug-likeness (QED) is 0.409. The van der Waals surface area contributed by atoms with Crippen LogP contribution >= 0.6 is 23.2 Å². The van der Waals surface area contributed by atoms with Gasteiger partial charge in [-0.15, -0.1) is 0 Å². The van der Waals surface area contributed by atoms with Crippen molar-refractivity contribution in [3.63, 3.8) is 0 Å². The zero-order valence-electron chi connectivity index (χ0n) is 17.8. The fourth-order valence-corrected chi connectivity index (χ4v) is 3.65. The van der Waals surface area contributed by atoms with Crippen molar-refractivity contribution in [1.29, 1.82) is 0 Å². The van der Waals surface area contributed by atoms with E-state index in [-0.39, 0.29) is 5.41 Å². The van der Waals surface area contributed by atoms with Gasteiger partial charge >= 0.3 is 0 Å². The summed E-state index contributed by atoms with van der Waals surface area (Å²) in [5, 5.41) is 1.35. The van der Waals surface area contributed by atoms with E-state index in [9.17, 15) is 0 Å². The lowest BCUT2D eigenvalue weighted by molar-refractivity contribution is 0.221. The number of benzene rings is 2. The maximum absolute atomic E-state index is 6.44. The zero-order valence-corrected chi connectivity index (χ0v) is 19.3. The Morgan fingerprint density at radius 2 is 1.64 bits per heavy atom. The van der Waals surface area contributed by atoms with Crippen LogP contribution < -0.4 is 4.74 Å². The molecule has 154 valence electrons. The predicted molar refractivity (Wildman–Crippen MR) is 122 cm³/mol. The van der Waals surface area contributed by atoms with Crippen molar-refractivity contribution in [3.05, 3.63) is 63.1 Å². The second kappa shape index (κ2) is 10.5. The first-order chi connectivity index (χ1) is 13.3. The lowest BCUT2D eigenvalue weighted by Crippen LogP contribution is -2.28. The molecule has 0 saturated heterocycles. The van der Waals surface area contributed by atoms with Crippen LogP contribution in [0.3, 0.4) is 0 Å². The first kappa shape index (κ1) is 23.1. The van der Waals surface area contributed by atoms with E-state index in [2.05, 4.69) is 57.7 Å². The molecule has 2 nitrogen and oxygen atoms in total. The maximum Gasteiger partial charge on any atom is 0.122 e. The molecule has 0 atom stereocenters. The summed E-state index contributed by atoms with van der Waals surface area (Å²) in [6.07, 6.45) is 1.81. The van der Waals surface area contributed by atoms with E-state index in [1.807, 2.05) is 12.1 Å². The highest BCUT2D eigenvalue weighted by Gasteiger charge is 2.20. The van der Waals surface area contributed by atoms with Gasteiger partial charge in [-0.3, -0.25) is 0 Å². The maximum atomic E-state index is 6.44. The second-order valence-corrected chi connectivity index (χ2v) is 8.69. The summed E-state index contributed by atoms with van der Waals surface area (Å²) in [7, 11) is 0. The Morgan fingerprint density at radius 1 is 0.929 bits per heavy atom. The summed E-state index contributed by atoms with van der Waals surface area (Å²) >= 11 is 12.5. The van der Waals surface area contributed by atoms with Crippen molar-refractivity contribution in [2.24, 2.45) is 0 Å². The Labute approximate surface area is 180 Å². The van der Waals surface area contributed by atoms with Crippen LogP contribution in [0.25, 0.3) is 0 Å². The van der Waals surface area contributed by atoms with E-state index < -0.39 is 0 Å². The van der Waals surface area contributed by atoms with Crippen LogP contribution in [-0.2, 0) is 11.8 Å². The number of halogens is 2. The van der Waals surface area contributed by atoms with Crippen molar-refractivity contribution in [2.45, 2.75) is 52.9 Å². The normalized spacial score (nSPS) is 11.9. The number of rotatable bonds is 10. The van der Waals surface area contributed by atoms with Gasteiger partial charge in [-0.05, 0) is 59.8 Å². The number of likely N-dealkylation sites (N-methyl/N-ethyl adjacent to an activating group) is 1. The van der Waals surface area contributed by atoms with Crippen LogP contribution in [0.4, 0.5) is 0 Å². The number of ether oxygens (including phenoxy) is 1. The number of hydrogen-bond acceptors (Lipinski definition) is 2. The Hall–Kier alpha value is -1.22. The molecule has 2 rings (SSSR count). The minimum atomic E-state index is 0.123. The molecule has 0 bridgehead atoms. The summed E-state index contributed by atoms with van der Waals surface area (Å²) in [6, 6.07) is 12.3. The monoisotopic (exact) mass is 421 g/mol. The lowest BCUT2D eigenvalue weighted by atomic mass is 9.81. The molecular formula is C24H33Cl2NO. The molecule has 0 unspecified atom stereocenters. The van der Waals surface area contributed by atoms with Gasteiger partial charge in [0, 0.05) is 23.0 Å². The molecule has 0 spiro atoms. The number of nitrogens with zero attached hydrogens (tertiary/aromatic N) is 1. The van der Waals surface area contributed by atoms with Gasteiger partial charge < -0.3 is 9.64 Å². The molecule has 0 heterocycles. The molecule has 0 N–H and O–H groups in total. The smallest absolute Gasteiger partial charge is 0.122 e. The molecule has 2 aromatic rings. The fraction of sp³-hybridized carbons (Fsp3) is 0.500. The van der Waals surface area contributed by atoms with Crippen LogP contribution in [0.5, 0.6) is 5.75 Å². The molecule has 4 heteroatoms. The van der Waals surface area contributed by atoms with E-state index in [1.54, 1.807) is 6.07 Å². The van der Waals surface area contributed by atoms with Gasteiger partial charge in [0.1, 0.15) is 12.4 Å². The van der Waals surface area contributed by atoms with Gasteiger partial charge in [0.05, 0.1) is 0 Å². The Balaban J connectivity index is 2.30. The van der Waals surface area contributed by atoms with Gasteiger partial charge in [0.15, 0.2) is 0 Å². The summed E-state index contributed by atoms with van der Waals surface area (Å²) in [5.41, 5.74) is 3.68. The molecule has 0 saturated carbocycles. The summed E-state index contributed by atoms with van der Waals surface area (Å²) < 4.78 is 6.20. The van der Waals surface area contributed by atoms with Crippen molar-refractivity contribution >= 4 is 23.2 Å². The minimum absolute atomic E-state index is 0.123. The molecule has 0 radical (unpaired) electrons. The van der Waals surface area contributed by atoms with Crippen LogP contribution in [0.15, 0.2) is 36.4 Å². The van der Waals surface area contributed by atoms with Crippen molar-refractivity contribution in [3.8, 4) is 5.75 Å². The SMILES string of the molecule is CCN(CC)CCOc1ccc(C(C)(C)CC)cc1Cc1ccc(Cl)cc1Cl. The highest BCUT2D eigenvalue weighted by molar-refractivity contribution is 6.35. The van der Waals surface area contributed by atoms with E-state index >= 15 is 0 Å². The van der Waals surface area contributed by atoms with Crippen molar-refractivity contribution in [1.82, 2.24) is 4.90 Å². The molecule has 28 heavy (non-hydrogen) atoms. The van der Waals surface area contributed by atoms with Gasteiger partial charge in [-0.25, -0.2) is 0 Å². The largest absolute Gasteiger partial charge is 0.492 e. The number of hydrogen-bond donors (Lipinski definition) is 0. The van der Waals surface area contributed by atoms with Crippen molar-refractivity contribution in [2.75, 3.05) is 26.2 Å². The molecule has 0 aromatic heterocycles. The Morgan fingerprint density at radius 3 is 2.25 bits per heavy atom. The molecular weight excluding hydrogens is 389 g/mol. The predicted octanol–water partition coefficient (Wildman–Crippen LogP) is 6.99. The van der Waals surface area contributed by atoms with Gasteiger partial charge in [-0.1, -0.05) is 76.0 Å². The first-order valence-electron chi connectivity index (χ1n) is 10.2. The first-order valence-corrected chi connectivity index (χ1v) is 11.0. The van der Waals surface area contributed by atoms with Crippen molar-refractivity contribution < 1.29 is 4.74 Å². The van der Waals surface area contributed by atoms with E-state index in [0.29, 0.717) is 16.7 Å². The third-order valence-electron chi connectivity index (χ3n) is 5.68. The van der Waals surface area contributed by atoms with Crippen LogP contribution in [0, 0.1) is 0 Å². The van der Waals surface area contributed by atoms with Gasteiger partial charge in [-0.2, -0.15) is 0 Å². The summed E-state index contributed by atoms with van der Waals surface area (Å²) in [5.74, 6) is 0.939. The van der Waals surface area contributed by atoms with Gasteiger partial charge in [0.25, 0.3) is 0 Å². The highest BCUT2D eigenvalue weighted by atomic mass is 35.5. The third-order valence-corrected chi connectivity index (χ3v) is 6.27. The third kappa shape index (κ3) is 6.14. The van der Waals surface area contributed by atoms with Gasteiger partial charge in [0.2, 0.25) is 0 Å². The molecule has 0 aliphatic heterocycles. The zero-order chi connectivity index (χ0) is 20.7. The highest BCUT2D eigenvalue weighted by Crippen LogP contribution is 2.33. The second-order valence-electron chi connectivity index (χ2n) is 7.85. The molecule has 0 amide bonds.